The van der Waals surface area contributed by atoms with Crippen LogP contribution >= 0.6 is 0 Å². The highest BCUT2D eigenvalue weighted by Crippen LogP contribution is 1.90. The molecule has 0 aromatic carbocycles. The number of carbonyl (C=O) groups is 1. The fourth-order valence-corrected chi connectivity index (χ4v) is 0.745. The van der Waals surface area contributed by atoms with Gasteiger partial charge in [-0.3, -0.25) is 10.1 Å². The van der Waals surface area contributed by atoms with Gasteiger partial charge < -0.3 is 5.73 Å². The van der Waals surface area contributed by atoms with Crippen molar-refractivity contribution in [3.8, 4) is 6.07 Å². The zero-order chi connectivity index (χ0) is 8.85. The molecule has 1 unspecified atom stereocenters. The topological polar surface area (TPSA) is 78.9 Å². The van der Waals surface area contributed by atoms with Gasteiger partial charge in [0.2, 0.25) is 5.91 Å². The molecule has 0 aliphatic rings. The third kappa shape index (κ3) is 5.37. The molecular formula is C7H13N3O. The molecule has 0 saturated carbocycles. The molecule has 0 aromatic rings. The number of nitrogens with one attached hydrogen (secondary N) is 1. The molecule has 0 bridgehead atoms. The minimum Gasteiger partial charge on any atom is -0.370 e. The van der Waals surface area contributed by atoms with Crippen LogP contribution in [0.5, 0.6) is 0 Å². The highest BCUT2D eigenvalue weighted by Gasteiger charge is 2.10. The number of nitrogens with zero attached hydrogens (tertiary/aromatic N) is 1. The summed E-state index contributed by atoms with van der Waals surface area (Å²) >= 11 is 0. The van der Waals surface area contributed by atoms with Crippen LogP contribution in [0.4, 0.5) is 0 Å². The molecule has 0 spiro atoms. The largest absolute Gasteiger partial charge is 0.370 e. The number of nitriles is 1. The SMILES string of the molecule is CC(C)NC(C#N)CC(N)=O. The fourth-order valence-electron chi connectivity index (χ4n) is 0.745. The molecular weight excluding hydrogens is 142 g/mol. The molecule has 62 valence electrons. The van der Waals surface area contributed by atoms with Crippen molar-refractivity contribution in [2.45, 2.75) is 32.4 Å². The Morgan fingerprint density at radius 1 is 1.73 bits per heavy atom. The lowest BCUT2D eigenvalue weighted by atomic mass is 10.2. The van der Waals surface area contributed by atoms with Crippen molar-refractivity contribution in [1.82, 2.24) is 5.32 Å². The van der Waals surface area contributed by atoms with Crippen LogP contribution in [-0.4, -0.2) is 18.0 Å². The zero-order valence-electron chi connectivity index (χ0n) is 6.79. The predicted octanol–water partition coefficient (Wildman–Crippen LogP) is -0.248. The molecule has 0 aliphatic heterocycles. The summed E-state index contributed by atoms with van der Waals surface area (Å²) in [6.07, 6.45) is 0.0781. The Kier molecular flexibility index (Phi) is 4.23. The number of primary amides is 1. The van der Waals surface area contributed by atoms with Gasteiger partial charge in [-0.2, -0.15) is 5.26 Å². The molecule has 0 fully saturated rings. The summed E-state index contributed by atoms with van der Waals surface area (Å²) in [5.74, 6) is -0.454. The van der Waals surface area contributed by atoms with Crippen LogP contribution in [-0.2, 0) is 4.79 Å². The quantitative estimate of drug-likeness (QED) is 0.587. The Morgan fingerprint density at radius 2 is 2.27 bits per heavy atom. The van der Waals surface area contributed by atoms with E-state index < -0.39 is 11.9 Å². The average Bonchev–Trinajstić information content (AvgIpc) is 1.84. The standard InChI is InChI=1S/C7H13N3O/c1-5(2)10-6(4-8)3-7(9)11/h5-6,10H,3H2,1-2H3,(H2,9,11). The first kappa shape index (κ1) is 9.92. The summed E-state index contributed by atoms with van der Waals surface area (Å²) in [7, 11) is 0. The maximum Gasteiger partial charge on any atom is 0.220 e. The smallest absolute Gasteiger partial charge is 0.220 e. The molecule has 0 saturated heterocycles. The number of nitrogens with two attached hydrogens (primary N) is 1. The molecule has 1 atom stereocenters. The Morgan fingerprint density at radius 3 is 2.55 bits per heavy atom. The van der Waals surface area contributed by atoms with E-state index in [2.05, 4.69) is 5.32 Å². The first-order chi connectivity index (χ1) is 5.06. The van der Waals surface area contributed by atoms with Crippen LogP contribution in [0.1, 0.15) is 20.3 Å². The molecule has 3 N–H and O–H groups in total. The van der Waals surface area contributed by atoms with E-state index in [0.29, 0.717) is 0 Å². The van der Waals surface area contributed by atoms with E-state index in [1.807, 2.05) is 19.9 Å². The van der Waals surface area contributed by atoms with Crippen molar-refractivity contribution in [2.75, 3.05) is 0 Å². The highest BCUT2D eigenvalue weighted by molar-refractivity contribution is 5.74. The lowest BCUT2D eigenvalue weighted by molar-refractivity contribution is -0.118. The summed E-state index contributed by atoms with van der Waals surface area (Å²) in [5, 5.41) is 11.4. The van der Waals surface area contributed by atoms with E-state index in [4.69, 9.17) is 11.0 Å². The molecule has 4 nitrogen and oxygen atoms in total. The van der Waals surface area contributed by atoms with Crippen molar-refractivity contribution >= 4 is 5.91 Å². The van der Waals surface area contributed by atoms with Crippen molar-refractivity contribution in [3.05, 3.63) is 0 Å². The number of amides is 1. The van der Waals surface area contributed by atoms with Crippen LogP contribution < -0.4 is 11.1 Å². The average molecular weight is 155 g/mol. The van der Waals surface area contributed by atoms with Gasteiger partial charge in [-0.25, -0.2) is 0 Å². The maximum absolute atomic E-state index is 10.4. The maximum atomic E-state index is 10.4. The lowest BCUT2D eigenvalue weighted by Crippen LogP contribution is -2.36. The van der Waals surface area contributed by atoms with E-state index in [1.165, 1.54) is 0 Å². The summed E-state index contributed by atoms with van der Waals surface area (Å²) in [6, 6.07) is 1.69. The number of rotatable bonds is 4. The molecule has 1 amide bonds. The minimum atomic E-state index is -0.454. The Balaban J connectivity index is 3.79. The Bertz CT molecular complexity index is 171. The Labute approximate surface area is 66.4 Å². The van der Waals surface area contributed by atoms with Gasteiger partial charge in [0.15, 0.2) is 0 Å². The second-order valence-corrected chi connectivity index (χ2v) is 2.67. The molecule has 11 heavy (non-hydrogen) atoms. The number of hydrogen-bond acceptors (Lipinski definition) is 3. The van der Waals surface area contributed by atoms with Gasteiger partial charge in [0.05, 0.1) is 12.5 Å². The zero-order valence-corrected chi connectivity index (χ0v) is 6.79. The minimum absolute atomic E-state index is 0.0781. The van der Waals surface area contributed by atoms with Crippen LogP contribution in [0.15, 0.2) is 0 Å². The van der Waals surface area contributed by atoms with E-state index >= 15 is 0 Å². The normalized spacial score (nSPS) is 12.5. The van der Waals surface area contributed by atoms with E-state index in [1.54, 1.807) is 0 Å². The molecule has 4 heteroatoms. The molecule has 0 aliphatic carbocycles. The van der Waals surface area contributed by atoms with Crippen LogP contribution in [0.2, 0.25) is 0 Å². The summed E-state index contributed by atoms with van der Waals surface area (Å²) in [4.78, 5) is 10.4. The van der Waals surface area contributed by atoms with Crippen molar-refractivity contribution in [2.24, 2.45) is 5.73 Å². The number of hydrogen-bond donors (Lipinski definition) is 2. The highest BCUT2D eigenvalue weighted by atomic mass is 16.1. The van der Waals surface area contributed by atoms with Crippen molar-refractivity contribution < 1.29 is 4.79 Å². The van der Waals surface area contributed by atoms with Gasteiger partial charge in [-0.05, 0) is 13.8 Å². The summed E-state index contributed by atoms with van der Waals surface area (Å²) < 4.78 is 0. The first-order valence-corrected chi connectivity index (χ1v) is 3.50. The first-order valence-electron chi connectivity index (χ1n) is 3.50. The van der Waals surface area contributed by atoms with Gasteiger partial charge in [0.25, 0.3) is 0 Å². The summed E-state index contributed by atoms with van der Waals surface area (Å²) in [6.45, 7) is 3.82. The monoisotopic (exact) mass is 155 g/mol. The van der Waals surface area contributed by atoms with Gasteiger partial charge >= 0.3 is 0 Å². The van der Waals surface area contributed by atoms with Crippen LogP contribution in [0.25, 0.3) is 0 Å². The van der Waals surface area contributed by atoms with Crippen LogP contribution in [0, 0.1) is 11.3 Å². The van der Waals surface area contributed by atoms with E-state index in [9.17, 15) is 4.79 Å². The van der Waals surface area contributed by atoms with Gasteiger partial charge in [-0.15, -0.1) is 0 Å². The molecule has 0 rings (SSSR count). The predicted molar refractivity (Wildman–Crippen MR) is 41.5 cm³/mol. The van der Waals surface area contributed by atoms with E-state index in [0.717, 1.165) is 0 Å². The summed E-state index contributed by atoms with van der Waals surface area (Å²) in [5.41, 5.74) is 4.91. The van der Waals surface area contributed by atoms with Crippen molar-refractivity contribution in [1.29, 1.82) is 5.26 Å². The second kappa shape index (κ2) is 4.69. The fraction of sp³-hybridized carbons (Fsp3) is 0.714. The molecule has 0 heterocycles. The molecule has 0 aromatic heterocycles. The van der Waals surface area contributed by atoms with Crippen LogP contribution in [0.3, 0.4) is 0 Å². The Hall–Kier alpha value is -1.08. The third-order valence-corrected chi connectivity index (χ3v) is 1.10. The van der Waals surface area contributed by atoms with Crippen molar-refractivity contribution in [3.63, 3.8) is 0 Å². The van der Waals surface area contributed by atoms with Gasteiger partial charge in [0, 0.05) is 6.04 Å². The second-order valence-electron chi connectivity index (χ2n) is 2.67. The van der Waals surface area contributed by atoms with Gasteiger partial charge in [-0.1, -0.05) is 0 Å². The van der Waals surface area contributed by atoms with Gasteiger partial charge in [0.1, 0.15) is 6.04 Å². The van der Waals surface area contributed by atoms with E-state index in [-0.39, 0.29) is 12.5 Å². The molecule has 0 radical (unpaired) electrons. The lowest BCUT2D eigenvalue weighted by Gasteiger charge is -2.11. The number of carbonyl (C=O) groups excluding carboxylic acids is 1. The third-order valence-electron chi connectivity index (χ3n) is 1.10.